The number of allylic oxidation sites excluding steroid dienone is 2. The van der Waals surface area contributed by atoms with Crippen LogP contribution in [0.2, 0.25) is 13.1 Å². The van der Waals surface area contributed by atoms with Crippen LogP contribution in [-0.2, 0) is 20.9 Å². The van der Waals surface area contributed by atoms with E-state index in [0.717, 1.165) is 12.8 Å². The standard InChI is InChI=1S/2C23H27.C2H7Si.Zr/c2*1-6-16(2)19-11-7-8-12-20(19)21-13-9-10-17-14-18(15-22(17)21)23(3,4)5;1-3-2;/h2*7-16H,6H2,1-5H3;3H,1-2H3;. The van der Waals surface area contributed by atoms with Gasteiger partial charge in [-0.25, -0.2) is 0 Å². The molecule has 261 valence electrons. The quantitative estimate of drug-likeness (QED) is 0.149. The van der Waals surface area contributed by atoms with Gasteiger partial charge in [0, 0.05) is 0 Å². The van der Waals surface area contributed by atoms with Crippen molar-refractivity contribution >= 4 is 18.1 Å². The van der Waals surface area contributed by atoms with Crippen LogP contribution in [-0.4, -0.2) is 5.92 Å². The van der Waals surface area contributed by atoms with Crippen molar-refractivity contribution in [3.63, 3.8) is 0 Å². The molecule has 0 spiro atoms. The van der Waals surface area contributed by atoms with Crippen molar-refractivity contribution in [3.8, 4) is 22.3 Å². The molecule has 0 bridgehead atoms. The summed E-state index contributed by atoms with van der Waals surface area (Å²) in [5.74, 6) is 0.0149. The van der Waals surface area contributed by atoms with Crippen molar-refractivity contribution in [2.75, 3.05) is 0 Å². The Morgan fingerprint density at radius 1 is 0.540 bits per heavy atom. The molecule has 0 aromatic heterocycles. The zero-order valence-electron chi connectivity index (χ0n) is 33.0. The molecule has 6 rings (SSSR count). The first-order valence-corrected chi connectivity index (χ1v) is 29.4. The average Bonchev–Trinajstić information content (AvgIpc) is 3.68. The van der Waals surface area contributed by atoms with Gasteiger partial charge in [-0.1, -0.05) is 0 Å². The van der Waals surface area contributed by atoms with E-state index in [-0.39, 0.29) is 10.8 Å². The molecule has 0 aliphatic heterocycles. The molecule has 0 fully saturated rings. The predicted octanol–water partition coefficient (Wildman–Crippen LogP) is 14.3. The summed E-state index contributed by atoms with van der Waals surface area (Å²) >= 11 is -2.36. The molecular weight excluding hydrogens is 696 g/mol. The maximum absolute atomic E-state index is 2.72. The Hall–Kier alpha value is -2.54. The van der Waals surface area contributed by atoms with E-state index in [2.05, 4.69) is 179 Å². The third-order valence-corrected chi connectivity index (χ3v) is 33.4. The zero-order chi connectivity index (χ0) is 36.1. The van der Waals surface area contributed by atoms with Gasteiger partial charge in [0.1, 0.15) is 0 Å². The van der Waals surface area contributed by atoms with Crippen LogP contribution in [0.5, 0.6) is 0 Å². The minimum atomic E-state index is -2.36. The van der Waals surface area contributed by atoms with Crippen LogP contribution >= 0.6 is 0 Å². The van der Waals surface area contributed by atoms with Crippen molar-refractivity contribution in [3.05, 3.63) is 129 Å². The van der Waals surface area contributed by atoms with Gasteiger partial charge in [-0.2, -0.15) is 0 Å². The van der Waals surface area contributed by atoms with Gasteiger partial charge in [0.25, 0.3) is 0 Å². The molecule has 4 aromatic carbocycles. The molecule has 0 N–H and O–H groups in total. The van der Waals surface area contributed by atoms with E-state index in [1.54, 1.807) is 22.3 Å². The number of hydrogen-bond donors (Lipinski definition) is 0. The van der Waals surface area contributed by atoms with Crippen molar-refractivity contribution < 1.29 is 20.9 Å². The fourth-order valence-corrected chi connectivity index (χ4v) is 32.4. The average molecular weight is 757 g/mol. The Balaban J connectivity index is 1.58. The monoisotopic (exact) mass is 755 g/mol. The van der Waals surface area contributed by atoms with Crippen LogP contribution in [0.3, 0.4) is 0 Å². The SMILES string of the molecule is CCC(C)c1ccccc1-c1cccc2c1C=C(C(C)(C)C)[CH]2[Zr]([CH]1C(C(C)(C)C)=Cc2c(-c3ccccc3C(C)CC)cccc21)[SiH](C)C. The predicted molar refractivity (Wildman–Crippen MR) is 220 cm³/mol. The van der Waals surface area contributed by atoms with E-state index >= 15 is 0 Å². The molecule has 0 saturated heterocycles. The Morgan fingerprint density at radius 3 is 1.24 bits per heavy atom. The van der Waals surface area contributed by atoms with Crippen LogP contribution in [0.4, 0.5) is 0 Å². The first-order valence-electron chi connectivity index (χ1n) is 19.4. The van der Waals surface area contributed by atoms with Gasteiger partial charge < -0.3 is 0 Å². The maximum atomic E-state index is 2.72. The van der Waals surface area contributed by atoms with E-state index in [4.69, 9.17) is 0 Å². The molecule has 4 atom stereocenters. The van der Waals surface area contributed by atoms with E-state index in [9.17, 15) is 0 Å². The van der Waals surface area contributed by atoms with Crippen molar-refractivity contribution in [1.82, 2.24) is 0 Å². The Kier molecular flexibility index (Phi) is 10.8. The molecule has 4 unspecified atom stereocenters. The second-order valence-corrected chi connectivity index (χ2v) is 37.7. The van der Waals surface area contributed by atoms with Crippen molar-refractivity contribution in [2.45, 2.75) is 114 Å². The Bertz CT molecular complexity index is 1790. The molecular formula is C48H61SiZr. The van der Waals surface area contributed by atoms with E-state index < -0.39 is 26.8 Å². The number of benzene rings is 4. The topological polar surface area (TPSA) is 0 Å². The molecule has 0 nitrogen and oxygen atoms in total. The number of rotatable bonds is 9. The molecule has 0 radical (unpaired) electrons. The van der Waals surface area contributed by atoms with Crippen molar-refractivity contribution in [2.24, 2.45) is 10.8 Å². The van der Waals surface area contributed by atoms with Crippen LogP contribution in [0.25, 0.3) is 34.4 Å². The first kappa shape index (κ1) is 37.2. The summed E-state index contributed by atoms with van der Waals surface area (Å²) in [6.07, 6.45) is 7.69. The van der Waals surface area contributed by atoms with Crippen molar-refractivity contribution in [1.29, 1.82) is 0 Å². The summed E-state index contributed by atoms with van der Waals surface area (Å²) in [5.41, 5.74) is 18.7. The van der Waals surface area contributed by atoms with Crippen LogP contribution < -0.4 is 0 Å². The normalized spacial score (nSPS) is 18.4. The molecule has 2 aliphatic rings. The van der Waals surface area contributed by atoms with Crippen LogP contribution in [0, 0.1) is 10.8 Å². The van der Waals surface area contributed by atoms with Gasteiger partial charge in [-0.05, 0) is 0 Å². The minimum absolute atomic E-state index is 0.108. The molecule has 50 heavy (non-hydrogen) atoms. The number of fused-ring (bicyclic) bond motifs is 2. The van der Waals surface area contributed by atoms with Gasteiger partial charge in [-0.3, -0.25) is 0 Å². The molecule has 2 aliphatic carbocycles. The van der Waals surface area contributed by atoms with Crippen LogP contribution in [0.1, 0.15) is 135 Å². The third-order valence-electron chi connectivity index (χ3n) is 12.0. The van der Waals surface area contributed by atoms with Crippen LogP contribution in [0.15, 0.2) is 96.1 Å². The summed E-state index contributed by atoms with van der Waals surface area (Å²) in [5, 5.41) is 0. The third kappa shape index (κ3) is 6.74. The molecule has 2 heteroatoms. The second-order valence-electron chi connectivity index (χ2n) is 17.6. The summed E-state index contributed by atoms with van der Waals surface area (Å²) < 4.78 is 1.18. The molecule has 0 amide bonds. The van der Waals surface area contributed by atoms with E-state index in [1.165, 1.54) is 44.5 Å². The van der Waals surface area contributed by atoms with E-state index in [1.807, 2.05) is 0 Å². The number of hydrogen-bond acceptors (Lipinski definition) is 0. The van der Waals surface area contributed by atoms with Gasteiger partial charge in [0.15, 0.2) is 0 Å². The summed E-state index contributed by atoms with van der Waals surface area (Å²) in [6.45, 7) is 29.8. The molecule has 4 aromatic rings. The summed E-state index contributed by atoms with van der Waals surface area (Å²) in [7, 11) is 0. The Morgan fingerprint density at radius 2 is 0.900 bits per heavy atom. The van der Waals surface area contributed by atoms with E-state index in [0.29, 0.717) is 19.1 Å². The molecule has 0 saturated carbocycles. The molecule has 0 heterocycles. The second kappa shape index (κ2) is 14.5. The zero-order valence-corrected chi connectivity index (χ0v) is 36.7. The fourth-order valence-electron chi connectivity index (χ4n) is 8.91. The van der Waals surface area contributed by atoms with Gasteiger partial charge in [0.2, 0.25) is 0 Å². The van der Waals surface area contributed by atoms with Gasteiger partial charge in [-0.15, -0.1) is 0 Å². The summed E-state index contributed by atoms with van der Waals surface area (Å²) in [4.78, 5) is 0. The van der Waals surface area contributed by atoms with Gasteiger partial charge >= 0.3 is 316 Å². The first-order chi connectivity index (χ1) is 23.7. The Labute approximate surface area is 313 Å². The fraction of sp³-hybridized carbons (Fsp3) is 0.417. The van der Waals surface area contributed by atoms with Gasteiger partial charge in [0.05, 0.1) is 0 Å². The summed E-state index contributed by atoms with van der Waals surface area (Å²) in [6, 6.07) is 33.2.